The number of hydrogen-bond donors (Lipinski definition) is 0. The van der Waals surface area contributed by atoms with Crippen LogP contribution in [0.3, 0.4) is 0 Å². The first-order chi connectivity index (χ1) is 4.47. The lowest BCUT2D eigenvalue weighted by Gasteiger charge is -2.35. The molecule has 0 aromatic carbocycles. The molecule has 0 unspecified atom stereocenters. The lowest BCUT2D eigenvalue weighted by molar-refractivity contribution is 0.0802. The molecule has 0 radical (unpaired) electrons. The summed E-state index contributed by atoms with van der Waals surface area (Å²) in [5.41, 5.74) is 0. The summed E-state index contributed by atoms with van der Waals surface area (Å²) in [4.78, 5) is 0. The zero-order chi connectivity index (χ0) is 7.83. The Balaban J connectivity index is 2.34. The highest BCUT2D eigenvalue weighted by molar-refractivity contribution is 6.84. The van der Waals surface area contributed by atoms with Crippen LogP contribution in [0.15, 0.2) is 0 Å². The van der Waals surface area contributed by atoms with E-state index in [1.54, 1.807) is 6.92 Å². The van der Waals surface area contributed by atoms with Gasteiger partial charge in [0.2, 0.25) is 0 Å². The van der Waals surface area contributed by atoms with Crippen LogP contribution in [0.5, 0.6) is 0 Å². The Kier molecular flexibility index (Phi) is 1.92. The second-order valence-corrected chi connectivity index (χ2v) is 6.46. The van der Waals surface area contributed by atoms with Crippen molar-refractivity contribution >= 4 is 18.1 Å². The molecule has 1 rings (SSSR count). The minimum absolute atomic E-state index is 0.00951. The largest absolute Gasteiger partial charge is 0.746 e. The first-order valence-corrected chi connectivity index (χ1v) is 6.42. The Bertz CT molecular complexity index is 134. The average molecular weight is 188 g/mol. The molecule has 1 fully saturated rings. The molecule has 1 heterocycles. The second-order valence-electron chi connectivity index (χ2n) is 2.08. The summed E-state index contributed by atoms with van der Waals surface area (Å²) >= 11 is 0. The molecule has 0 aromatic rings. The van der Waals surface area contributed by atoms with E-state index in [0.29, 0.717) is 6.42 Å². The number of rotatable bonds is 2. The molecule has 10 heavy (non-hydrogen) atoms. The third-order valence-corrected chi connectivity index (χ3v) is 6.53. The molecule has 0 aromatic heterocycles. The fourth-order valence-corrected chi connectivity index (χ4v) is 5.08. The fourth-order valence-electron chi connectivity index (χ4n) is 0.763. The summed E-state index contributed by atoms with van der Waals surface area (Å²) in [6, 6.07) is 0.00951. The van der Waals surface area contributed by atoms with Gasteiger partial charge < -0.3 is 8.23 Å². The molecular weight excluding hydrogens is 181 g/mol. The van der Waals surface area contributed by atoms with Gasteiger partial charge in [0.15, 0.2) is 0 Å². The van der Waals surface area contributed by atoms with E-state index < -0.39 is 18.1 Å². The van der Waals surface area contributed by atoms with Crippen LogP contribution in [0, 0.1) is 0 Å². The number of hydrogen-bond acceptors (Lipinski definition) is 2. The summed E-state index contributed by atoms with van der Waals surface area (Å²) < 4.78 is 44.0. The Hall–Kier alpha value is 0.144. The molecule has 7 heteroatoms. The van der Waals surface area contributed by atoms with E-state index in [4.69, 9.17) is 0 Å². The van der Waals surface area contributed by atoms with Crippen LogP contribution in [0.1, 0.15) is 13.3 Å². The van der Waals surface area contributed by atoms with Gasteiger partial charge >= 0.3 is 18.1 Å². The highest BCUT2D eigenvalue weighted by Gasteiger charge is 2.70. The van der Waals surface area contributed by atoms with Gasteiger partial charge in [-0.05, 0) is 0 Å². The Morgan fingerprint density at radius 2 is 1.70 bits per heavy atom. The van der Waals surface area contributed by atoms with Crippen molar-refractivity contribution < 1.29 is 20.6 Å². The zero-order valence-corrected chi connectivity index (χ0v) is 7.36. The average Bonchev–Trinajstić information content (AvgIpc) is 1.58. The summed E-state index contributed by atoms with van der Waals surface area (Å²) in [5, 5.41) is 0. The molecule has 0 N–H and O–H groups in total. The fraction of sp³-hybridized carbons (Fsp3) is 1.00. The molecule has 1 aliphatic heterocycles. The van der Waals surface area contributed by atoms with E-state index in [9.17, 15) is 12.3 Å². The molecule has 0 spiro atoms. The quantitative estimate of drug-likeness (QED) is 0.485. The SMILES string of the molecule is CCC[Si]1(F)O[Si](F)(F)O1. The van der Waals surface area contributed by atoms with Gasteiger partial charge in [0, 0.05) is 6.04 Å². The van der Waals surface area contributed by atoms with Gasteiger partial charge in [-0.2, -0.15) is 0 Å². The lowest BCUT2D eigenvalue weighted by atomic mass is 10.6. The van der Waals surface area contributed by atoms with Crippen molar-refractivity contribution in [3.05, 3.63) is 0 Å². The topological polar surface area (TPSA) is 18.5 Å². The maximum absolute atomic E-state index is 12.7. The number of halogens is 3. The molecule has 0 saturated carbocycles. The Morgan fingerprint density at radius 1 is 1.20 bits per heavy atom. The smallest absolute Gasteiger partial charge is 0.340 e. The molecule has 0 amide bonds. The van der Waals surface area contributed by atoms with Crippen LogP contribution < -0.4 is 0 Å². The standard InChI is InChI=1S/C3H7F3O2Si2/c1-2-3-9(4)7-10(5,6)8-9/h2-3H2,1H3. The van der Waals surface area contributed by atoms with Crippen molar-refractivity contribution in [1.82, 2.24) is 0 Å². The molecule has 60 valence electrons. The van der Waals surface area contributed by atoms with E-state index in [1.807, 2.05) is 0 Å². The normalized spacial score (nSPS) is 27.6. The highest BCUT2D eigenvalue weighted by Crippen LogP contribution is 2.36. The minimum Gasteiger partial charge on any atom is -0.340 e. The van der Waals surface area contributed by atoms with Crippen LogP contribution in [0.4, 0.5) is 12.3 Å². The van der Waals surface area contributed by atoms with Crippen molar-refractivity contribution in [2.75, 3.05) is 0 Å². The third kappa shape index (κ3) is 1.59. The minimum atomic E-state index is -4.94. The summed E-state index contributed by atoms with van der Waals surface area (Å²) in [6.45, 7) is 1.69. The first-order valence-electron chi connectivity index (χ1n) is 2.94. The predicted molar refractivity (Wildman–Crippen MR) is 32.1 cm³/mol. The van der Waals surface area contributed by atoms with Crippen LogP contribution in [-0.4, -0.2) is 18.1 Å². The van der Waals surface area contributed by atoms with E-state index in [1.165, 1.54) is 0 Å². The highest BCUT2D eigenvalue weighted by atomic mass is 28.6. The first kappa shape index (κ1) is 8.24. The Labute approximate surface area is 59.0 Å². The molecule has 2 nitrogen and oxygen atoms in total. The van der Waals surface area contributed by atoms with Gasteiger partial charge in [-0.3, -0.25) is 0 Å². The van der Waals surface area contributed by atoms with E-state index in [2.05, 4.69) is 8.23 Å². The van der Waals surface area contributed by atoms with Crippen molar-refractivity contribution in [2.24, 2.45) is 0 Å². The van der Waals surface area contributed by atoms with Crippen molar-refractivity contribution in [1.29, 1.82) is 0 Å². The second kappa shape index (κ2) is 2.33. The monoisotopic (exact) mass is 188 g/mol. The summed E-state index contributed by atoms with van der Waals surface area (Å²) in [6.07, 6.45) is 0.479. The lowest BCUT2D eigenvalue weighted by Crippen LogP contribution is -2.63. The summed E-state index contributed by atoms with van der Waals surface area (Å²) in [5.74, 6) is 0. The maximum atomic E-state index is 12.7. The molecule has 1 saturated heterocycles. The van der Waals surface area contributed by atoms with Gasteiger partial charge in [0.1, 0.15) is 0 Å². The molecule has 0 atom stereocenters. The van der Waals surface area contributed by atoms with Crippen LogP contribution in [0.25, 0.3) is 0 Å². The van der Waals surface area contributed by atoms with Crippen molar-refractivity contribution in [3.8, 4) is 0 Å². The van der Waals surface area contributed by atoms with Gasteiger partial charge in [-0.1, -0.05) is 13.3 Å². The van der Waals surface area contributed by atoms with Gasteiger partial charge in [-0.15, -0.1) is 0 Å². The van der Waals surface area contributed by atoms with E-state index >= 15 is 0 Å². The Morgan fingerprint density at radius 3 is 2.00 bits per heavy atom. The van der Waals surface area contributed by atoms with E-state index in [-0.39, 0.29) is 6.04 Å². The van der Waals surface area contributed by atoms with Crippen LogP contribution in [0.2, 0.25) is 6.04 Å². The van der Waals surface area contributed by atoms with Gasteiger partial charge in [-0.25, -0.2) is 12.3 Å². The molecule has 0 bridgehead atoms. The molecule has 0 aliphatic carbocycles. The summed E-state index contributed by atoms with van der Waals surface area (Å²) in [7, 11) is -8.76. The molecular formula is C3H7F3O2Si2. The molecule has 1 aliphatic rings. The van der Waals surface area contributed by atoms with Crippen molar-refractivity contribution in [2.45, 2.75) is 19.4 Å². The van der Waals surface area contributed by atoms with Gasteiger partial charge in [0.25, 0.3) is 0 Å². The van der Waals surface area contributed by atoms with E-state index in [0.717, 1.165) is 0 Å². The van der Waals surface area contributed by atoms with Crippen molar-refractivity contribution in [3.63, 3.8) is 0 Å². The van der Waals surface area contributed by atoms with Crippen LogP contribution in [-0.2, 0) is 8.23 Å². The zero-order valence-electron chi connectivity index (χ0n) is 5.36. The maximum Gasteiger partial charge on any atom is 0.746 e. The third-order valence-electron chi connectivity index (χ3n) is 1.09. The van der Waals surface area contributed by atoms with Crippen LogP contribution >= 0.6 is 0 Å². The predicted octanol–water partition coefficient (Wildman–Crippen LogP) is 1.73. The van der Waals surface area contributed by atoms with Gasteiger partial charge in [0.05, 0.1) is 0 Å².